The molecule has 5 heteroatoms. The number of aromatic nitrogens is 2. The molecule has 2 aromatic heterocycles. The van der Waals surface area contributed by atoms with Crippen LogP contribution in [0.2, 0.25) is 0 Å². The minimum Gasteiger partial charge on any atom is -0.487 e. The fourth-order valence-corrected chi connectivity index (χ4v) is 3.20. The summed E-state index contributed by atoms with van der Waals surface area (Å²) < 4.78 is 5.75. The van der Waals surface area contributed by atoms with Crippen molar-refractivity contribution in [1.29, 1.82) is 0 Å². The fraction of sp³-hybridized carbons (Fsp3) is 0.333. The monoisotopic (exact) mass is 351 g/mol. The minimum absolute atomic E-state index is 0.00320. The highest BCUT2D eigenvalue weighted by atomic mass is 16.5. The van der Waals surface area contributed by atoms with E-state index in [0.29, 0.717) is 18.7 Å². The number of nitrogens with zero attached hydrogens (tertiary/aromatic N) is 1. The second kappa shape index (κ2) is 7.60. The molecule has 3 rings (SSSR count). The zero-order chi connectivity index (χ0) is 18.7. The Labute approximate surface area is 153 Å². The van der Waals surface area contributed by atoms with E-state index in [1.807, 2.05) is 26.0 Å². The van der Waals surface area contributed by atoms with Gasteiger partial charge in [0.2, 0.25) is 5.91 Å². The summed E-state index contributed by atoms with van der Waals surface area (Å²) in [7, 11) is 0. The topological polar surface area (TPSA) is 67.0 Å². The van der Waals surface area contributed by atoms with Gasteiger partial charge in [0.05, 0.1) is 19.2 Å². The summed E-state index contributed by atoms with van der Waals surface area (Å²) in [6.07, 6.45) is 3.59. The molecular formula is C21H25N3O2. The molecular weight excluding hydrogens is 326 g/mol. The molecule has 0 aliphatic heterocycles. The van der Waals surface area contributed by atoms with Crippen LogP contribution in [0.15, 0.2) is 36.7 Å². The van der Waals surface area contributed by atoms with E-state index in [4.69, 9.17) is 4.74 Å². The lowest BCUT2D eigenvalue weighted by Crippen LogP contribution is -2.34. The van der Waals surface area contributed by atoms with Crippen molar-refractivity contribution in [3.05, 3.63) is 59.0 Å². The summed E-state index contributed by atoms with van der Waals surface area (Å²) in [5.41, 5.74) is 5.62. The van der Waals surface area contributed by atoms with E-state index in [1.165, 1.54) is 11.1 Å². The smallest absolute Gasteiger partial charge is 0.224 e. The van der Waals surface area contributed by atoms with Crippen LogP contribution in [-0.4, -0.2) is 28.5 Å². The highest BCUT2D eigenvalue weighted by molar-refractivity contribution is 5.93. The third-order valence-electron chi connectivity index (χ3n) is 4.58. The van der Waals surface area contributed by atoms with Gasteiger partial charge in [-0.05, 0) is 56.5 Å². The number of pyridine rings is 1. The first-order valence-corrected chi connectivity index (χ1v) is 8.86. The van der Waals surface area contributed by atoms with Gasteiger partial charge in [0.15, 0.2) is 0 Å². The Kier molecular flexibility index (Phi) is 5.26. The molecule has 1 unspecified atom stereocenters. The van der Waals surface area contributed by atoms with Gasteiger partial charge >= 0.3 is 0 Å². The number of ether oxygens (including phenoxy) is 1. The van der Waals surface area contributed by atoms with Crippen molar-refractivity contribution in [2.75, 3.05) is 6.54 Å². The van der Waals surface area contributed by atoms with Crippen LogP contribution in [0.25, 0.3) is 10.9 Å². The number of hydrogen-bond donors (Lipinski definition) is 2. The van der Waals surface area contributed by atoms with Crippen LogP contribution in [0.3, 0.4) is 0 Å². The van der Waals surface area contributed by atoms with Crippen LogP contribution >= 0.6 is 0 Å². The number of rotatable bonds is 6. The molecule has 0 aliphatic carbocycles. The fourth-order valence-electron chi connectivity index (χ4n) is 3.20. The van der Waals surface area contributed by atoms with E-state index < -0.39 is 0 Å². The summed E-state index contributed by atoms with van der Waals surface area (Å²) in [5.74, 6) is 0.698. The Balaban J connectivity index is 1.64. The molecule has 2 heterocycles. The number of H-pyrrole nitrogens is 1. The Hall–Kier alpha value is -2.82. The Bertz CT molecular complexity index is 916. The molecule has 0 spiro atoms. The van der Waals surface area contributed by atoms with Crippen molar-refractivity contribution in [3.63, 3.8) is 0 Å². The lowest BCUT2D eigenvalue weighted by Gasteiger charge is -2.15. The Morgan fingerprint density at radius 3 is 2.73 bits per heavy atom. The number of aromatic amines is 1. The number of aryl methyl sites for hydroxylation is 3. The van der Waals surface area contributed by atoms with Gasteiger partial charge in [-0.2, -0.15) is 0 Å². The molecule has 2 N–H and O–H groups in total. The largest absolute Gasteiger partial charge is 0.487 e. The van der Waals surface area contributed by atoms with Gasteiger partial charge in [-0.15, -0.1) is 0 Å². The van der Waals surface area contributed by atoms with Gasteiger partial charge in [-0.3, -0.25) is 9.78 Å². The summed E-state index contributed by atoms with van der Waals surface area (Å²) >= 11 is 0. The van der Waals surface area contributed by atoms with Crippen LogP contribution in [0.5, 0.6) is 5.75 Å². The third-order valence-corrected chi connectivity index (χ3v) is 4.58. The van der Waals surface area contributed by atoms with Gasteiger partial charge in [0.1, 0.15) is 11.9 Å². The lowest BCUT2D eigenvalue weighted by atomic mass is 10.0. The quantitative estimate of drug-likeness (QED) is 0.713. The summed E-state index contributed by atoms with van der Waals surface area (Å²) in [6, 6.07) is 7.89. The van der Waals surface area contributed by atoms with Crippen molar-refractivity contribution in [2.24, 2.45) is 0 Å². The average molecular weight is 351 g/mol. The molecule has 0 radical (unpaired) electrons. The molecule has 0 aliphatic rings. The first-order chi connectivity index (χ1) is 12.5. The van der Waals surface area contributed by atoms with Crippen LogP contribution in [-0.2, 0) is 11.2 Å². The zero-order valence-electron chi connectivity index (χ0n) is 15.7. The molecule has 3 aromatic rings. The second-order valence-electron chi connectivity index (χ2n) is 6.78. The molecule has 0 bridgehead atoms. The van der Waals surface area contributed by atoms with Gasteiger partial charge in [-0.1, -0.05) is 12.1 Å². The Morgan fingerprint density at radius 2 is 2.00 bits per heavy atom. The molecule has 0 fully saturated rings. The van der Waals surface area contributed by atoms with E-state index in [0.717, 1.165) is 22.2 Å². The summed E-state index contributed by atoms with van der Waals surface area (Å²) in [4.78, 5) is 19.9. The van der Waals surface area contributed by atoms with E-state index in [2.05, 4.69) is 41.3 Å². The number of fused-ring (bicyclic) bond motifs is 1. The molecule has 0 saturated heterocycles. The standard InChI is InChI=1S/C21H25N3O2/c1-13-7-8-14(2)21-20(13)18(16(4)24-21)10-19(25)23-11-15(3)26-17-6-5-9-22-12-17/h5-9,12,15,24H,10-11H2,1-4H3,(H,23,25). The zero-order valence-corrected chi connectivity index (χ0v) is 15.7. The van der Waals surface area contributed by atoms with Crippen molar-refractivity contribution < 1.29 is 9.53 Å². The number of nitrogens with one attached hydrogen (secondary N) is 2. The molecule has 1 amide bonds. The number of carbonyl (C=O) groups excluding carboxylic acids is 1. The van der Waals surface area contributed by atoms with Crippen LogP contribution < -0.4 is 10.1 Å². The van der Waals surface area contributed by atoms with Gasteiger partial charge in [0, 0.05) is 22.8 Å². The summed E-state index contributed by atoms with van der Waals surface area (Å²) in [6.45, 7) is 8.57. The average Bonchev–Trinajstić information content (AvgIpc) is 2.95. The van der Waals surface area contributed by atoms with Gasteiger partial charge in [0.25, 0.3) is 0 Å². The van der Waals surface area contributed by atoms with Crippen molar-refractivity contribution in [1.82, 2.24) is 15.3 Å². The second-order valence-corrected chi connectivity index (χ2v) is 6.78. The Morgan fingerprint density at radius 1 is 1.23 bits per heavy atom. The summed E-state index contributed by atoms with van der Waals surface area (Å²) in [5, 5.41) is 4.13. The van der Waals surface area contributed by atoms with Crippen molar-refractivity contribution in [3.8, 4) is 5.75 Å². The molecule has 136 valence electrons. The maximum atomic E-state index is 12.5. The van der Waals surface area contributed by atoms with Crippen LogP contribution in [0.1, 0.15) is 29.3 Å². The maximum Gasteiger partial charge on any atom is 0.224 e. The maximum absolute atomic E-state index is 12.5. The number of benzene rings is 1. The molecule has 0 saturated carbocycles. The molecule has 1 atom stereocenters. The van der Waals surface area contributed by atoms with E-state index >= 15 is 0 Å². The molecule has 5 nitrogen and oxygen atoms in total. The first kappa shape index (κ1) is 18.0. The number of amides is 1. The van der Waals surface area contributed by atoms with E-state index in [1.54, 1.807) is 12.4 Å². The van der Waals surface area contributed by atoms with Crippen LogP contribution in [0.4, 0.5) is 0 Å². The lowest BCUT2D eigenvalue weighted by molar-refractivity contribution is -0.120. The number of hydrogen-bond acceptors (Lipinski definition) is 3. The molecule has 1 aromatic carbocycles. The SMILES string of the molecule is Cc1[nH]c2c(C)ccc(C)c2c1CC(=O)NCC(C)Oc1cccnc1. The highest BCUT2D eigenvalue weighted by Gasteiger charge is 2.16. The predicted molar refractivity (Wildman–Crippen MR) is 104 cm³/mol. The third kappa shape index (κ3) is 3.87. The van der Waals surface area contributed by atoms with E-state index in [-0.39, 0.29) is 12.0 Å². The highest BCUT2D eigenvalue weighted by Crippen LogP contribution is 2.28. The van der Waals surface area contributed by atoms with Crippen molar-refractivity contribution >= 4 is 16.8 Å². The van der Waals surface area contributed by atoms with Crippen LogP contribution in [0, 0.1) is 20.8 Å². The normalized spacial score (nSPS) is 12.2. The first-order valence-electron chi connectivity index (χ1n) is 8.86. The minimum atomic E-state index is -0.129. The van der Waals surface area contributed by atoms with Gasteiger partial charge in [-0.25, -0.2) is 0 Å². The predicted octanol–water partition coefficient (Wildman–Crippen LogP) is 3.61. The molecule has 26 heavy (non-hydrogen) atoms. The van der Waals surface area contributed by atoms with E-state index in [9.17, 15) is 4.79 Å². The van der Waals surface area contributed by atoms with Crippen molar-refractivity contribution in [2.45, 2.75) is 40.2 Å². The number of carbonyl (C=O) groups is 1. The van der Waals surface area contributed by atoms with Gasteiger partial charge < -0.3 is 15.0 Å².